The van der Waals surface area contributed by atoms with Gasteiger partial charge in [-0.25, -0.2) is 0 Å². The van der Waals surface area contributed by atoms with E-state index in [-0.39, 0.29) is 11.9 Å². The maximum Gasteiger partial charge on any atom is 0.220 e. The predicted molar refractivity (Wildman–Crippen MR) is 52.3 cm³/mol. The number of carbonyl (C=O) groups excluding carboxylic acids is 1. The summed E-state index contributed by atoms with van der Waals surface area (Å²) >= 11 is 0. The van der Waals surface area contributed by atoms with E-state index in [0.717, 1.165) is 6.42 Å². The van der Waals surface area contributed by atoms with Gasteiger partial charge in [-0.2, -0.15) is 0 Å². The molecule has 1 fully saturated rings. The van der Waals surface area contributed by atoms with Gasteiger partial charge in [0.2, 0.25) is 5.91 Å². The summed E-state index contributed by atoms with van der Waals surface area (Å²) in [4.78, 5) is 11.0. The molecule has 3 atom stereocenters. The summed E-state index contributed by atoms with van der Waals surface area (Å²) in [7, 11) is 0. The van der Waals surface area contributed by atoms with E-state index in [1.165, 1.54) is 0 Å². The minimum Gasteiger partial charge on any atom is -0.352 e. The van der Waals surface area contributed by atoms with Crippen LogP contribution in [-0.4, -0.2) is 30.6 Å². The molecule has 0 spiro atoms. The Labute approximate surface area is 79.3 Å². The van der Waals surface area contributed by atoms with E-state index < -0.39 is 0 Å². The number of hydrogen-bond donors (Lipinski definition) is 3. The molecule has 0 aliphatic carbocycles. The van der Waals surface area contributed by atoms with Crippen LogP contribution in [-0.2, 0) is 4.79 Å². The third kappa shape index (κ3) is 2.97. The summed E-state index contributed by atoms with van der Waals surface area (Å²) in [6.07, 6.45) is 1.54. The molecule has 0 aromatic carbocycles. The molecule has 0 bridgehead atoms. The second-order valence-corrected chi connectivity index (χ2v) is 3.80. The van der Waals surface area contributed by atoms with Gasteiger partial charge >= 0.3 is 0 Å². The summed E-state index contributed by atoms with van der Waals surface area (Å²) in [6, 6.07) is 0.911. The molecule has 76 valence electrons. The van der Waals surface area contributed by atoms with Crippen molar-refractivity contribution in [1.29, 1.82) is 0 Å². The third-order valence-electron chi connectivity index (χ3n) is 2.53. The van der Waals surface area contributed by atoms with Gasteiger partial charge in [-0.15, -0.1) is 0 Å². The number of carbonyl (C=O) groups is 1. The molecule has 0 saturated carbocycles. The Hall–Kier alpha value is -0.610. The first-order valence-corrected chi connectivity index (χ1v) is 4.89. The van der Waals surface area contributed by atoms with E-state index in [1.54, 1.807) is 0 Å². The Bertz CT molecular complexity index is 184. The van der Waals surface area contributed by atoms with Crippen LogP contribution >= 0.6 is 0 Å². The van der Waals surface area contributed by atoms with Crippen LogP contribution in [0.5, 0.6) is 0 Å². The highest BCUT2D eigenvalue weighted by Gasteiger charge is 2.25. The number of rotatable bonds is 3. The first-order valence-electron chi connectivity index (χ1n) is 4.89. The summed E-state index contributed by atoms with van der Waals surface area (Å²) in [6.45, 7) is 4.72. The lowest BCUT2D eigenvalue weighted by Crippen LogP contribution is -2.55. The molecule has 4 N–H and O–H groups in total. The Morgan fingerprint density at radius 1 is 1.77 bits per heavy atom. The zero-order chi connectivity index (χ0) is 9.84. The van der Waals surface area contributed by atoms with Crippen molar-refractivity contribution < 1.29 is 4.79 Å². The molecular formula is C9H19N3O. The lowest BCUT2D eigenvalue weighted by molar-refractivity contribution is -0.123. The summed E-state index contributed by atoms with van der Waals surface area (Å²) in [5, 5.41) is 6.32. The van der Waals surface area contributed by atoms with E-state index in [2.05, 4.69) is 17.6 Å². The first-order chi connectivity index (χ1) is 6.13. The van der Waals surface area contributed by atoms with Gasteiger partial charge in [0.25, 0.3) is 0 Å². The highest BCUT2D eigenvalue weighted by Crippen LogP contribution is 2.09. The van der Waals surface area contributed by atoms with E-state index in [4.69, 9.17) is 5.73 Å². The van der Waals surface area contributed by atoms with Gasteiger partial charge in [-0.1, -0.05) is 0 Å². The van der Waals surface area contributed by atoms with Crippen molar-refractivity contribution in [3.05, 3.63) is 0 Å². The van der Waals surface area contributed by atoms with Crippen molar-refractivity contribution in [1.82, 2.24) is 10.6 Å². The fourth-order valence-electron chi connectivity index (χ4n) is 1.62. The summed E-state index contributed by atoms with van der Waals surface area (Å²) in [5.74, 6) is 0.158. The van der Waals surface area contributed by atoms with Crippen LogP contribution in [0.4, 0.5) is 0 Å². The third-order valence-corrected chi connectivity index (χ3v) is 2.53. The molecule has 13 heavy (non-hydrogen) atoms. The van der Waals surface area contributed by atoms with Gasteiger partial charge in [-0.3, -0.25) is 4.79 Å². The molecule has 1 rings (SSSR count). The van der Waals surface area contributed by atoms with Crippen molar-refractivity contribution in [2.45, 2.75) is 44.8 Å². The normalized spacial score (nSPS) is 31.2. The average molecular weight is 185 g/mol. The molecule has 1 aliphatic rings. The molecule has 0 radical (unpaired) electrons. The number of hydrogen-bond acceptors (Lipinski definition) is 3. The van der Waals surface area contributed by atoms with Crippen molar-refractivity contribution in [2.24, 2.45) is 5.73 Å². The molecule has 4 heteroatoms. The van der Waals surface area contributed by atoms with E-state index in [1.807, 2.05) is 6.92 Å². The lowest BCUT2D eigenvalue weighted by Gasteiger charge is -2.32. The van der Waals surface area contributed by atoms with Crippen LogP contribution in [0.15, 0.2) is 0 Å². The minimum absolute atomic E-state index is 0.158. The van der Waals surface area contributed by atoms with Gasteiger partial charge in [0.1, 0.15) is 0 Å². The maximum atomic E-state index is 11.0. The van der Waals surface area contributed by atoms with Gasteiger partial charge in [-0.05, 0) is 20.3 Å². The standard InChI is InChI=1S/C9H19N3O/c1-6(5-10)11-8-3-4-9(13)12-7(8)2/h6-8,11H,3-5,10H2,1-2H3,(H,12,13). The van der Waals surface area contributed by atoms with Crippen molar-refractivity contribution in [2.75, 3.05) is 6.54 Å². The Morgan fingerprint density at radius 3 is 3.00 bits per heavy atom. The van der Waals surface area contributed by atoms with Crippen molar-refractivity contribution in [3.63, 3.8) is 0 Å². The van der Waals surface area contributed by atoms with E-state index >= 15 is 0 Å². The molecule has 1 amide bonds. The zero-order valence-electron chi connectivity index (χ0n) is 8.34. The molecule has 3 unspecified atom stereocenters. The van der Waals surface area contributed by atoms with E-state index in [9.17, 15) is 4.79 Å². The highest BCUT2D eigenvalue weighted by atomic mass is 16.1. The highest BCUT2D eigenvalue weighted by molar-refractivity contribution is 5.77. The number of nitrogens with two attached hydrogens (primary N) is 1. The monoisotopic (exact) mass is 185 g/mol. The second-order valence-electron chi connectivity index (χ2n) is 3.80. The minimum atomic E-state index is 0.158. The molecule has 1 aliphatic heterocycles. The Kier molecular flexibility index (Phi) is 3.69. The van der Waals surface area contributed by atoms with Crippen LogP contribution in [0.25, 0.3) is 0 Å². The summed E-state index contributed by atoms with van der Waals surface area (Å²) < 4.78 is 0. The predicted octanol–water partition coefficient (Wildman–Crippen LogP) is -0.410. The molecular weight excluding hydrogens is 166 g/mol. The van der Waals surface area contributed by atoms with Gasteiger partial charge in [0.15, 0.2) is 0 Å². The topological polar surface area (TPSA) is 67.1 Å². The fourth-order valence-corrected chi connectivity index (χ4v) is 1.62. The SMILES string of the molecule is CC(CN)NC1CCC(=O)NC1C. The Morgan fingerprint density at radius 2 is 2.46 bits per heavy atom. The molecule has 4 nitrogen and oxygen atoms in total. The number of nitrogens with one attached hydrogen (secondary N) is 2. The molecule has 0 aromatic heterocycles. The van der Waals surface area contributed by atoms with Gasteiger partial charge in [0, 0.05) is 31.1 Å². The van der Waals surface area contributed by atoms with Crippen LogP contribution in [0.1, 0.15) is 26.7 Å². The second kappa shape index (κ2) is 4.58. The lowest BCUT2D eigenvalue weighted by atomic mass is 9.98. The van der Waals surface area contributed by atoms with Gasteiger partial charge in [0.05, 0.1) is 0 Å². The van der Waals surface area contributed by atoms with Crippen molar-refractivity contribution in [3.8, 4) is 0 Å². The number of amides is 1. The van der Waals surface area contributed by atoms with Crippen LogP contribution in [0.3, 0.4) is 0 Å². The van der Waals surface area contributed by atoms with Crippen LogP contribution < -0.4 is 16.4 Å². The quantitative estimate of drug-likeness (QED) is 0.560. The first kappa shape index (κ1) is 10.5. The maximum absolute atomic E-state index is 11.0. The average Bonchev–Trinajstić information content (AvgIpc) is 2.09. The van der Waals surface area contributed by atoms with Crippen LogP contribution in [0, 0.1) is 0 Å². The van der Waals surface area contributed by atoms with Gasteiger partial charge < -0.3 is 16.4 Å². The zero-order valence-corrected chi connectivity index (χ0v) is 8.34. The van der Waals surface area contributed by atoms with E-state index in [0.29, 0.717) is 25.0 Å². The fraction of sp³-hybridized carbons (Fsp3) is 0.889. The molecule has 1 heterocycles. The molecule has 0 aromatic rings. The van der Waals surface area contributed by atoms with Crippen LogP contribution in [0.2, 0.25) is 0 Å². The summed E-state index contributed by atoms with van der Waals surface area (Å²) in [5.41, 5.74) is 5.51. The Balaban J connectivity index is 2.37. The largest absolute Gasteiger partial charge is 0.352 e. The smallest absolute Gasteiger partial charge is 0.220 e. The molecule has 1 saturated heterocycles. The number of piperidine rings is 1. The van der Waals surface area contributed by atoms with Crippen molar-refractivity contribution >= 4 is 5.91 Å².